The van der Waals surface area contributed by atoms with Gasteiger partial charge in [0.05, 0.1) is 17.9 Å². The van der Waals surface area contributed by atoms with E-state index < -0.39 is 12.1 Å². The van der Waals surface area contributed by atoms with Gasteiger partial charge in [-0.25, -0.2) is 14.8 Å². The molecule has 0 radical (unpaired) electrons. The number of esters is 1. The molecule has 2 unspecified atom stereocenters. The molecule has 2 atom stereocenters. The number of unbranched alkanes of at least 4 members (excludes halogenated alkanes) is 3. The maximum atomic E-state index is 12.8. The Kier molecular flexibility index (Phi) is 8.44. The van der Waals surface area contributed by atoms with Crippen LogP contribution in [0.25, 0.3) is 22.6 Å². The minimum atomic E-state index is -0.493. The first-order valence-electron chi connectivity index (χ1n) is 12.1. The van der Waals surface area contributed by atoms with E-state index in [0.29, 0.717) is 27.1 Å². The summed E-state index contributed by atoms with van der Waals surface area (Å²) in [7, 11) is 0. The quantitative estimate of drug-likeness (QED) is 0.180. The van der Waals surface area contributed by atoms with Crippen molar-refractivity contribution in [2.75, 3.05) is 0 Å². The van der Waals surface area contributed by atoms with Crippen LogP contribution in [0.5, 0.6) is 0 Å². The number of nitrogens with one attached hydrogen (secondary N) is 1. The fourth-order valence-corrected chi connectivity index (χ4v) is 4.45. The standard InChI is InChI=1S/C27H28Cl2N4O3/c1-3-4-5-6-7-22(17(2)36-27(35)19-10-14-21(29)15-11-19)33-16-30-23-25(33)31-24(32-26(23)34)18-8-12-20(28)13-9-18/h8-17,22H,3-7H2,1-2H3,(H,31,32,34). The Hall–Kier alpha value is -3.16. The topological polar surface area (TPSA) is 89.9 Å². The van der Waals surface area contributed by atoms with E-state index in [-0.39, 0.29) is 17.1 Å². The van der Waals surface area contributed by atoms with Crippen LogP contribution < -0.4 is 5.56 Å². The van der Waals surface area contributed by atoms with E-state index in [1.54, 1.807) is 54.9 Å². The van der Waals surface area contributed by atoms with E-state index in [9.17, 15) is 9.59 Å². The van der Waals surface area contributed by atoms with Crippen LogP contribution in [-0.2, 0) is 4.74 Å². The molecule has 2 aromatic carbocycles. The smallest absolute Gasteiger partial charge is 0.338 e. The molecule has 1 N–H and O–H groups in total. The number of hydrogen-bond acceptors (Lipinski definition) is 5. The third-order valence-corrected chi connectivity index (χ3v) is 6.68. The first-order chi connectivity index (χ1) is 17.4. The average Bonchev–Trinajstić information content (AvgIpc) is 3.29. The number of H-pyrrole nitrogens is 1. The van der Waals surface area contributed by atoms with Crippen molar-refractivity contribution in [3.8, 4) is 11.4 Å². The number of fused-ring (bicyclic) bond motifs is 1. The second kappa shape index (κ2) is 11.7. The van der Waals surface area contributed by atoms with Crippen LogP contribution in [-0.4, -0.2) is 31.6 Å². The van der Waals surface area contributed by atoms with Crippen molar-refractivity contribution < 1.29 is 9.53 Å². The van der Waals surface area contributed by atoms with Gasteiger partial charge < -0.3 is 14.3 Å². The number of ether oxygens (including phenoxy) is 1. The summed E-state index contributed by atoms with van der Waals surface area (Å²) < 4.78 is 7.72. The molecule has 0 saturated heterocycles. The first kappa shape index (κ1) is 25.9. The normalized spacial score (nSPS) is 13.0. The molecule has 0 saturated carbocycles. The summed E-state index contributed by atoms with van der Waals surface area (Å²) in [6.07, 6.45) is 6.08. The molecular weight excluding hydrogens is 499 g/mol. The summed E-state index contributed by atoms with van der Waals surface area (Å²) in [6.45, 7) is 4.02. The predicted molar refractivity (Wildman–Crippen MR) is 143 cm³/mol. The highest BCUT2D eigenvalue weighted by Gasteiger charge is 2.26. The van der Waals surface area contributed by atoms with Gasteiger partial charge in [0.2, 0.25) is 0 Å². The zero-order valence-electron chi connectivity index (χ0n) is 20.2. The van der Waals surface area contributed by atoms with Crippen molar-refractivity contribution in [3.05, 3.63) is 80.8 Å². The van der Waals surface area contributed by atoms with Crippen molar-refractivity contribution >= 4 is 40.3 Å². The third kappa shape index (κ3) is 5.97. The van der Waals surface area contributed by atoms with Gasteiger partial charge in [-0.15, -0.1) is 0 Å². The summed E-state index contributed by atoms with van der Waals surface area (Å²) in [5.74, 6) is -0.0173. The Morgan fingerprint density at radius 2 is 1.69 bits per heavy atom. The zero-order chi connectivity index (χ0) is 25.7. The van der Waals surface area contributed by atoms with E-state index in [0.717, 1.165) is 37.7 Å². The number of carbonyl (C=O) groups excluding carboxylic acids is 1. The molecule has 0 amide bonds. The number of aromatic nitrogens is 4. The fourth-order valence-electron chi connectivity index (χ4n) is 4.19. The minimum absolute atomic E-state index is 0.238. The summed E-state index contributed by atoms with van der Waals surface area (Å²) >= 11 is 12.0. The highest BCUT2D eigenvalue weighted by Crippen LogP contribution is 2.27. The lowest BCUT2D eigenvalue weighted by atomic mass is 10.0. The van der Waals surface area contributed by atoms with Gasteiger partial charge in [0.1, 0.15) is 11.9 Å². The zero-order valence-corrected chi connectivity index (χ0v) is 21.7. The molecular formula is C27H28Cl2N4O3. The molecule has 2 aromatic heterocycles. The molecule has 2 heterocycles. The maximum absolute atomic E-state index is 12.8. The van der Waals surface area contributed by atoms with Gasteiger partial charge in [0.15, 0.2) is 11.2 Å². The summed E-state index contributed by atoms with van der Waals surface area (Å²) in [5.41, 5.74) is 1.50. The van der Waals surface area contributed by atoms with Crippen LogP contribution in [0.3, 0.4) is 0 Å². The Morgan fingerprint density at radius 1 is 1.03 bits per heavy atom. The Morgan fingerprint density at radius 3 is 2.36 bits per heavy atom. The van der Waals surface area contributed by atoms with Gasteiger partial charge in [0, 0.05) is 15.6 Å². The molecule has 7 nitrogen and oxygen atoms in total. The Balaban J connectivity index is 1.68. The summed E-state index contributed by atoms with van der Waals surface area (Å²) in [5, 5.41) is 1.14. The third-order valence-electron chi connectivity index (χ3n) is 6.18. The lowest BCUT2D eigenvalue weighted by Crippen LogP contribution is -2.27. The minimum Gasteiger partial charge on any atom is -0.457 e. The Labute approximate surface area is 219 Å². The van der Waals surface area contributed by atoms with E-state index in [4.69, 9.17) is 32.9 Å². The van der Waals surface area contributed by atoms with Crippen LogP contribution in [0.2, 0.25) is 10.0 Å². The van der Waals surface area contributed by atoms with Gasteiger partial charge in [-0.05, 0) is 61.9 Å². The molecule has 4 aromatic rings. The molecule has 0 fully saturated rings. The number of rotatable bonds is 10. The molecule has 188 valence electrons. The number of aromatic amines is 1. The maximum Gasteiger partial charge on any atom is 0.338 e. The van der Waals surface area contributed by atoms with E-state index in [1.165, 1.54) is 0 Å². The van der Waals surface area contributed by atoms with Gasteiger partial charge in [0.25, 0.3) is 5.56 Å². The number of halogens is 2. The molecule has 0 bridgehead atoms. The lowest BCUT2D eigenvalue weighted by molar-refractivity contribution is 0.0202. The average molecular weight is 527 g/mol. The highest BCUT2D eigenvalue weighted by molar-refractivity contribution is 6.30. The lowest BCUT2D eigenvalue weighted by Gasteiger charge is -2.26. The number of imidazole rings is 1. The van der Waals surface area contributed by atoms with Crippen molar-refractivity contribution in [1.29, 1.82) is 0 Å². The molecule has 4 rings (SSSR count). The predicted octanol–water partition coefficient (Wildman–Crippen LogP) is 6.85. The van der Waals surface area contributed by atoms with Gasteiger partial charge in [-0.2, -0.15) is 0 Å². The number of hydrogen-bond donors (Lipinski definition) is 1. The number of carbonyl (C=O) groups is 1. The molecule has 36 heavy (non-hydrogen) atoms. The van der Waals surface area contributed by atoms with E-state index >= 15 is 0 Å². The molecule has 0 spiro atoms. The molecule has 0 aliphatic heterocycles. The first-order valence-corrected chi connectivity index (χ1v) is 12.8. The summed E-state index contributed by atoms with van der Waals surface area (Å²) in [6, 6.07) is 13.4. The van der Waals surface area contributed by atoms with Crippen LogP contribution in [0.15, 0.2) is 59.7 Å². The van der Waals surface area contributed by atoms with Gasteiger partial charge >= 0.3 is 5.97 Å². The van der Waals surface area contributed by atoms with Crippen LogP contribution in [0.4, 0.5) is 0 Å². The second-order valence-corrected chi connectivity index (χ2v) is 9.65. The van der Waals surface area contributed by atoms with Gasteiger partial charge in [-0.3, -0.25) is 4.79 Å². The molecule has 0 aliphatic rings. The fraction of sp³-hybridized carbons (Fsp3) is 0.333. The van der Waals surface area contributed by atoms with Crippen molar-refractivity contribution in [3.63, 3.8) is 0 Å². The highest BCUT2D eigenvalue weighted by atomic mass is 35.5. The monoisotopic (exact) mass is 526 g/mol. The van der Waals surface area contributed by atoms with Crippen molar-refractivity contribution in [2.45, 2.75) is 58.1 Å². The van der Waals surface area contributed by atoms with Crippen molar-refractivity contribution in [2.24, 2.45) is 0 Å². The van der Waals surface area contributed by atoms with E-state index in [2.05, 4.69) is 16.9 Å². The molecule has 0 aliphatic carbocycles. The van der Waals surface area contributed by atoms with E-state index in [1.807, 2.05) is 11.5 Å². The van der Waals surface area contributed by atoms with Gasteiger partial charge in [-0.1, -0.05) is 55.8 Å². The number of nitrogens with zero attached hydrogens (tertiary/aromatic N) is 3. The largest absolute Gasteiger partial charge is 0.457 e. The second-order valence-electron chi connectivity index (χ2n) is 8.78. The van der Waals surface area contributed by atoms with Crippen LogP contribution in [0.1, 0.15) is 62.4 Å². The molecule has 9 heteroatoms. The van der Waals surface area contributed by atoms with Crippen LogP contribution >= 0.6 is 23.2 Å². The van der Waals surface area contributed by atoms with Crippen LogP contribution in [0, 0.1) is 0 Å². The SMILES string of the molecule is CCCCCCC(C(C)OC(=O)c1ccc(Cl)cc1)n1cnc2c(=O)[nH]c(-c3ccc(Cl)cc3)nc21. The summed E-state index contributed by atoms with van der Waals surface area (Å²) in [4.78, 5) is 37.6. The Bertz CT molecular complexity index is 1380. The number of benzene rings is 2. The van der Waals surface area contributed by atoms with Crippen molar-refractivity contribution in [1.82, 2.24) is 19.5 Å².